The Hall–Kier alpha value is -0.0800. The van der Waals surface area contributed by atoms with Crippen molar-refractivity contribution >= 4 is 0 Å². The molecule has 0 spiro atoms. The summed E-state index contributed by atoms with van der Waals surface area (Å²) in [5.74, 6) is 1.83. The minimum Gasteiger partial charge on any atom is -0.316 e. The molecule has 2 heteroatoms. The first-order chi connectivity index (χ1) is 10.6. The fourth-order valence-electron chi connectivity index (χ4n) is 3.24. The van der Waals surface area contributed by atoms with Crippen LogP contribution in [0, 0.1) is 11.8 Å². The standard InChI is InChI=1S/C20H44N2/c1-4-5-6-8-13-18(2)15-11-12-16-19(3)14-9-7-10-17-20(21)22/h18-20H,4-17,21-22H2,1-3H3. The van der Waals surface area contributed by atoms with Crippen LogP contribution in [-0.2, 0) is 0 Å². The molecule has 0 amide bonds. The summed E-state index contributed by atoms with van der Waals surface area (Å²) in [4.78, 5) is 0. The average molecular weight is 313 g/mol. The Morgan fingerprint density at radius 2 is 0.909 bits per heavy atom. The Bertz CT molecular complexity index is 216. The second kappa shape index (κ2) is 15.8. The summed E-state index contributed by atoms with van der Waals surface area (Å²) < 4.78 is 0. The first-order valence-corrected chi connectivity index (χ1v) is 10.1. The highest BCUT2D eigenvalue weighted by Crippen LogP contribution is 2.20. The Labute approximate surface area is 140 Å². The lowest BCUT2D eigenvalue weighted by Crippen LogP contribution is -2.29. The van der Waals surface area contributed by atoms with Crippen LogP contribution >= 0.6 is 0 Å². The number of unbranched alkanes of at least 4 members (excludes halogenated alkanes) is 6. The third kappa shape index (κ3) is 16.3. The van der Waals surface area contributed by atoms with Crippen LogP contribution in [0.4, 0.5) is 0 Å². The first kappa shape index (κ1) is 21.9. The van der Waals surface area contributed by atoms with E-state index < -0.39 is 0 Å². The predicted octanol–water partition coefficient (Wildman–Crippen LogP) is 5.98. The summed E-state index contributed by atoms with van der Waals surface area (Å²) in [6.07, 6.45) is 18.9. The Morgan fingerprint density at radius 3 is 1.32 bits per heavy atom. The molecule has 4 N–H and O–H groups in total. The average Bonchev–Trinajstić information content (AvgIpc) is 2.47. The van der Waals surface area contributed by atoms with Gasteiger partial charge >= 0.3 is 0 Å². The van der Waals surface area contributed by atoms with Crippen molar-refractivity contribution in [2.45, 2.75) is 117 Å². The van der Waals surface area contributed by atoms with Gasteiger partial charge in [0, 0.05) is 0 Å². The zero-order chi connectivity index (χ0) is 16.6. The van der Waals surface area contributed by atoms with Crippen molar-refractivity contribution in [3.05, 3.63) is 0 Å². The highest BCUT2D eigenvalue weighted by atomic mass is 14.8. The van der Waals surface area contributed by atoms with Crippen LogP contribution in [0.2, 0.25) is 0 Å². The van der Waals surface area contributed by atoms with Gasteiger partial charge in [-0.05, 0) is 18.3 Å². The Morgan fingerprint density at radius 1 is 0.545 bits per heavy atom. The summed E-state index contributed by atoms with van der Waals surface area (Å²) in [7, 11) is 0. The smallest absolute Gasteiger partial charge is 0.0520 e. The van der Waals surface area contributed by atoms with Crippen molar-refractivity contribution < 1.29 is 0 Å². The lowest BCUT2D eigenvalue weighted by molar-refractivity contribution is 0.400. The molecule has 0 aliphatic carbocycles. The quantitative estimate of drug-likeness (QED) is 0.272. The normalized spacial score (nSPS) is 14.5. The lowest BCUT2D eigenvalue weighted by atomic mass is 9.93. The van der Waals surface area contributed by atoms with Gasteiger partial charge in [-0.3, -0.25) is 0 Å². The van der Waals surface area contributed by atoms with Crippen molar-refractivity contribution in [2.24, 2.45) is 23.3 Å². The van der Waals surface area contributed by atoms with Crippen molar-refractivity contribution in [3.63, 3.8) is 0 Å². The molecular formula is C20H44N2. The lowest BCUT2D eigenvalue weighted by Gasteiger charge is -2.14. The molecular weight excluding hydrogens is 268 g/mol. The van der Waals surface area contributed by atoms with Gasteiger partial charge in [0.1, 0.15) is 0 Å². The molecule has 0 aromatic heterocycles. The van der Waals surface area contributed by atoms with E-state index in [0.717, 1.165) is 18.3 Å². The molecule has 0 radical (unpaired) electrons. The fourth-order valence-corrected chi connectivity index (χ4v) is 3.24. The van der Waals surface area contributed by atoms with E-state index in [1.165, 1.54) is 83.5 Å². The molecule has 0 aliphatic heterocycles. The van der Waals surface area contributed by atoms with Crippen LogP contribution in [0.15, 0.2) is 0 Å². The van der Waals surface area contributed by atoms with Crippen molar-refractivity contribution in [1.29, 1.82) is 0 Å². The first-order valence-electron chi connectivity index (χ1n) is 10.1. The Kier molecular flexibility index (Phi) is 15.7. The van der Waals surface area contributed by atoms with Gasteiger partial charge in [0.15, 0.2) is 0 Å². The maximum absolute atomic E-state index is 5.56. The molecule has 0 saturated heterocycles. The summed E-state index contributed by atoms with van der Waals surface area (Å²) in [6.45, 7) is 7.15. The summed E-state index contributed by atoms with van der Waals surface area (Å²) in [5, 5.41) is 0. The molecule has 0 rings (SSSR count). The molecule has 2 atom stereocenters. The second-order valence-electron chi connectivity index (χ2n) is 7.65. The monoisotopic (exact) mass is 312 g/mol. The molecule has 0 fully saturated rings. The summed E-state index contributed by atoms with van der Waals surface area (Å²) in [5.41, 5.74) is 11.1. The molecule has 0 aromatic rings. The number of nitrogens with two attached hydrogens (primary N) is 2. The molecule has 134 valence electrons. The number of hydrogen-bond acceptors (Lipinski definition) is 2. The second-order valence-corrected chi connectivity index (χ2v) is 7.65. The molecule has 0 heterocycles. The van der Waals surface area contributed by atoms with Gasteiger partial charge in [-0.15, -0.1) is 0 Å². The van der Waals surface area contributed by atoms with Crippen LogP contribution in [-0.4, -0.2) is 6.17 Å². The van der Waals surface area contributed by atoms with E-state index in [1.807, 2.05) is 0 Å². The van der Waals surface area contributed by atoms with E-state index in [0.29, 0.717) is 0 Å². The zero-order valence-electron chi connectivity index (χ0n) is 15.8. The van der Waals surface area contributed by atoms with Crippen molar-refractivity contribution in [1.82, 2.24) is 0 Å². The van der Waals surface area contributed by atoms with E-state index >= 15 is 0 Å². The molecule has 0 bridgehead atoms. The summed E-state index contributed by atoms with van der Waals surface area (Å²) in [6, 6.07) is 0. The predicted molar refractivity (Wildman–Crippen MR) is 101 cm³/mol. The molecule has 2 nitrogen and oxygen atoms in total. The van der Waals surface area contributed by atoms with Crippen LogP contribution in [0.3, 0.4) is 0 Å². The molecule has 0 aromatic carbocycles. The van der Waals surface area contributed by atoms with Gasteiger partial charge in [0.2, 0.25) is 0 Å². The minimum absolute atomic E-state index is 0.110. The van der Waals surface area contributed by atoms with Crippen LogP contribution < -0.4 is 11.5 Å². The van der Waals surface area contributed by atoms with E-state index in [2.05, 4.69) is 20.8 Å². The maximum Gasteiger partial charge on any atom is 0.0520 e. The summed E-state index contributed by atoms with van der Waals surface area (Å²) >= 11 is 0. The third-order valence-electron chi connectivity index (χ3n) is 4.93. The van der Waals surface area contributed by atoms with E-state index in [-0.39, 0.29) is 6.17 Å². The van der Waals surface area contributed by atoms with Gasteiger partial charge in [0.25, 0.3) is 0 Å². The minimum atomic E-state index is -0.110. The van der Waals surface area contributed by atoms with Gasteiger partial charge in [0.05, 0.1) is 6.17 Å². The largest absolute Gasteiger partial charge is 0.316 e. The van der Waals surface area contributed by atoms with Gasteiger partial charge in [-0.25, -0.2) is 0 Å². The SMILES string of the molecule is CCCCCCC(C)CCCCC(C)CCCCCC(N)N. The van der Waals surface area contributed by atoms with Crippen LogP contribution in [0.5, 0.6) is 0 Å². The Balaban J connectivity index is 3.31. The molecule has 2 unspecified atom stereocenters. The molecule has 0 saturated carbocycles. The van der Waals surface area contributed by atoms with E-state index in [1.54, 1.807) is 0 Å². The number of hydrogen-bond donors (Lipinski definition) is 2. The maximum atomic E-state index is 5.56. The van der Waals surface area contributed by atoms with E-state index in [4.69, 9.17) is 11.5 Å². The topological polar surface area (TPSA) is 52.0 Å². The fraction of sp³-hybridized carbons (Fsp3) is 1.00. The van der Waals surface area contributed by atoms with Gasteiger partial charge in [-0.2, -0.15) is 0 Å². The zero-order valence-corrected chi connectivity index (χ0v) is 15.8. The molecule has 22 heavy (non-hydrogen) atoms. The van der Waals surface area contributed by atoms with Crippen molar-refractivity contribution in [2.75, 3.05) is 0 Å². The van der Waals surface area contributed by atoms with Crippen molar-refractivity contribution in [3.8, 4) is 0 Å². The number of rotatable bonds is 16. The highest BCUT2D eigenvalue weighted by molar-refractivity contribution is 4.59. The highest BCUT2D eigenvalue weighted by Gasteiger charge is 2.05. The molecule has 0 aliphatic rings. The van der Waals surface area contributed by atoms with Gasteiger partial charge < -0.3 is 11.5 Å². The van der Waals surface area contributed by atoms with E-state index in [9.17, 15) is 0 Å². The van der Waals surface area contributed by atoms with Crippen LogP contribution in [0.1, 0.15) is 111 Å². The van der Waals surface area contributed by atoms with Crippen LogP contribution in [0.25, 0.3) is 0 Å². The van der Waals surface area contributed by atoms with Gasteiger partial charge in [-0.1, -0.05) is 104 Å². The third-order valence-corrected chi connectivity index (χ3v) is 4.93.